The van der Waals surface area contributed by atoms with Crippen LogP contribution in [0.1, 0.15) is 16.8 Å². The second-order valence-electron chi connectivity index (χ2n) is 3.36. The lowest BCUT2D eigenvalue weighted by atomic mass is 10.1. The van der Waals surface area contributed by atoms with Gasteiger partial charge >= 0.3 is 5.97 Å². The Bertz CT molecular complexity index is 391. The van der Waals surface area contributed by atoms with Gasteiger partial charge in [-0.2, -0.15) is 0 Å². The lowest BCUT2D eigenvalue weighted by Gasteiger charge is -2.34. The highest BCUT2D eigenvalue weighted by Gasteiger charge is 2.22. The molecule has 0 aromatic carbocycles. The maximum Gasteiger partial charge on any atom is 0.341 e. The van der Waals surface area contributed by atoms with Gasteiger partial charge in [0.15, 0.2) is 0 Å². The summed E-state index contributed by atoms with van der Waals surface area (Å²) in [6.07, 6.45) is 2.60. The number of esters is 1. The molecule has 1 aromatic heterocycles. The summed E-state index contributed by atoms with van der Waals surface area (Å²) in [6.45, 7) is 1.90. The fourth-order valence-corrected chi connectivity index (χ4v) is 1.66. The van der Waals surface area contributed by atoms with Crippen molar-refractivity contribution in [1.29, 1.82) is 0 Å². The molecule has 1 fully saturated rings. The van der Waals surface area contributed by atoms with Gasteiger partial charge in [-0.25, -0.2) is 9.78 Å². The van der Waals surface area contributed by atoms with E-state index >= 15 is 0 Å². The number of pyridine rings is 1. The third-order valence-electron chi connectivity index (χ3n) is 2.45. The number of hydrogen-bond donors (Lipinski definition) is 0. The van der Waals surface area contributed by atoms with Crippen LogP contribution >= 0.6 is 11.6 Å². The number of methoxy groups -OCH3 is 1. The number of ether oxygens (including phenoxy) is 1. The van der Waals surface area contributed by atoms with Gasteiger partial charge in [-0.1, -0.05) is 11.6 Å². The molecule has 2 heterocycles. The Morgan fingerprint density at radius 3 is 2.87 bits per heavy atom. The molecule has 0 spiro atoms. The maximum atomic E-state index is 11.5. The molecule has 0 aliphatic carbocycles. The van der Waals surface area contributed by atoms with Gasteiger partial charge in [0.1, 0.15) is 10.7 Å². The molecule has 0 amide bonds. The molecule has 0 saturated carbocycles. The summed E-state index contributed by atoms with van der Waals surface area (Å²) < 4.78 is 4.69. The van der Waals surface area contributed by atoms with Crippen molar-refractivity contribution in [2.24, 2.45) is 0 Å². The average molecular weight is 227 g/mol. The van der Waals surface area contributed by atoms with Crippen molar-refractivity contribution in [2.75, 3.05) is 25.1 Å². The maximum absolute atomic E-state index is 11.5. The van der Waals surface area contributed by atoms with E-state index in [2.05, 4.69) is 14.6 Å². The molecule has 0 unspecified atom stereocenters. The van der Waals surface area contributed by atoms with Gasteiger partial charge in [0, 0.05) is 19.3 Å². The first-order valence-corrected chi connectivity index (χ1v) is 5.09. The molecule has 0 bridgehead atoms. The minimum atomic E-state index is -0.374. The van der Waals surface area contributed by atoms with Crippen molar-refractivity contribution < 1.29 is 9.53 Å². The summed E-state index contributed by atoms with van der Waals surface area (Å²) in [5, 5.41) is 0.393. The predicted octanol–water partition coefficient (Wildman–Crippen LogP) is 1.73. The van der Waals surface area contributed by atoms with Crippen molar-refractivity contribution in [3.63, 3.8) is 0 Å². The SMILES string of the molecule is COC(=O)c1cnc(Cl)cc1N1CCC1. The summed E-state index contributed by atoms with van der Waals surface area (Å²) in [6, 6.07) is 1.70. The highest BCUT2D eigenvalue weighted by atomic mass is 35.5. The van der Waals surface area contributed by atoms with Crippen molar-refractivity contribution >= 4 is 23.3 Å². The van der Waals surface area contributed by atoms with Crippen LogP contribution in [-0.2, 0) is 4.74 Å². The highest BCUT2D eigenvalue weighted by Crippen LogP contribution is 2.27. The molecule has 1 aromatic rings. The monoisotopic (exact) mass is 226 g/mol. The number of anilines is 1. The van der Waals surface area contributed by atoms with Crippen molar-refractivity contribution in [3.8, 4) is 0 Å². The second kappa shape index (κ2) is 4.06. The molecule has 0 atom stereocenters. The standard InChI is InChI=1S/C10H11ClN2O2/c1-15-10(14)7-6-12-9(11)5-8(7)13-3-2-4-13/h5-6H,2-4H2,1H3. The quantitative estimate of drug-likeness (QED) is 0.569. The molecule has 15 heavy (non-hydrogen) atoms. The minimum Gasteiger partial charge on any atom is -0.465 e. The van der Waals surface area contributed by atoms with Gasteiger partial charge in [-0.15, -0.1) is 0 Å². The van der Waals surface area contributed by atoms with Gasteiger partial charge in [-0.3, -0.25) is 0 Å². The molecule has 4 nitrogen and oxygen atoms in total. The number of rotatable bonds is 2. The van der Waals surface area contributed by atoms with Crippen LogP contribution in [0.3, 0.4) is 0 Å². The summed E-state index contributed by atoms with van der Waals surface area (Å²) in [4.78, 5) is 17.4. The van der Waals surface area contributed by atoms with E-state index in [-0.39, 0.29) is 5.97 Å². The van der Waals surface area contributed by atoms with Gasteiger partial charge in [0.2, 0.25) is 0 Å². The Hall–Kier alpha value is -1.29. The third kappa shape index (κ3) is 1.90. The molecule has 1 aliphatic rings. The zero-order chi connectivity index (χ0) is 10.8. The van der Waals surface area contributed by atoms with E-state index in [4.69, 9.17) is 11.6 Å². The zero-order valence-electron chi connectivity index (χ0n) is 8.36. The summed E-state index contributed by atoms with van der Waals surface area (Å²) in [7, 11) is 1.36. The van der Waals surface area contributed by atoms with Crippen molar-refractivity contribution in [1.82, 2.24) is 4.98 Å². The van der Waals surface area contributed by atoms with Crippen LogP contribution in [0.15, 0.2) is 12.3 Å². The molecule has 1 aliphatic heterocycles. The highest BCUT2D eigenvalue weighted by molar-refractivity contribution is 6.29. The molecular formula is C10H11ClN2O2. The number of nitrogens with zero attached hydrogens (tertiary/aromatic N) is 2. The predicted molar refractivity (Wildman–Crippen MR) is 57.4 cm³/mol. The fourth-order valence-electron chi connectivity index (χ4n) is 1.51. The molecule has 80 valence electrons. The van der Waals surface area contributed by atoms with E-state index in [9.17, 15) is 4.79 Å². The van der Waals surface area contributed by atoms with Crippen LogP contribution < -0.4 is 4.90 Å². The number of halogens is 1. The number of hydrogen-bond acceptors (Lipinski definition) is 4. The zero-order valence-corrected chi connectivity index (χ0v) is 9.12. The summed E-state index contributed by atoms with van der Waals surface area (Å²) in [5.41, 5.74) is 1.29. The Morgan fingerprint density at radius 1 is 1.60 bits per heavy atom. The van der Waals surface area contributed by atoms with Crippen LogP contribution in [0.25, 0.3) is 0 Å². The Balaban J connectivity index is 2.38. The smallest absolute Gasteiger partial charge is 0.341 e. The Kier molecular flexibility index (Phi) is 2.77. The van der Waals surface area contributed by atoms with Gasteiger partial charge in [-0.05, 0) is 12.5 Å². The minimum absolute atomic E-state index is 0.374. The number of aromatic nitrogens is 1. The van der Waals surface area contributed by atoms with E-state index in [1.54, 1.807) is 6.07 Å². The van der Waals surface area contributed by atoms with Gasteiger partial charge in [0.25, 0.3) is 0 Å². The second-order valence-corrected chi connectivity index (χ2v) is 3.74. The van der Waals surface area contributed by atoms with E-state index in [0.29, 0.717) is 10.7 Å². The van der Waals surface area contributed by atoms with Crippen molar-refractivity contribution in [2.45, 2.75) is 6.42 Å². The first kappa shape index (κ1) is 10.2. The van der Waals surface area contributed by atoms with Crippen molar-refractivity contribution in [3.05, 3.63) is 23.0 Å². The first-order chi connectivity index (χ1) is 7.22. The van der Waals surface area contributed by atoms with Crippen LogP contribution in [0.2, 0.25) is 5.15 Å². The van der Waals surface area contributed by atoms with Gasteiger partial charge in [0.05, 0.1) is 12.8 Å². The van der Waals surface area contributed by atoms with Crippen LogP contribution in [0, 0.1) is 0 Å². The Morgan fingerprint density at radius 2 is 2.33 bits per heavy atom. The topological polar surface area (TPSA) is 42.4 Å². The van der Waals surface area contributed by atoms with E-state index in [1.165, 1.54) is 13.3 Å². The van der Waals surface area contributed by atoms with Crippen LogP contribution in [0.5, 0.6) is 0 Å². The first-order valence-electron chi connectivity index (χ1n) is 4.71. The van der Waals surface area contributed by atoms with E-state index in [1.807, 2.05) is 0 Å². The largest absolute Gasteiger partial charge is 0.465 e. The third-order valence-corrected chi connectivity index (χ3v) is 2.66. The lowest BCUT2D eigenvalue weighted by molar-refractivity contribution is 0.0601. The van der Waals surface area contributed by atoms with E-state index < -0.39 is 0 Å². The summed E-state index contributed by atoms with van der Waals surface area (Å²) >= 11 is 5.80. The molecule has 1 saturated heterocycles. The Labute approximate surface area is 92.8 Å². The van der Waals surface area contributed by atoms with Crippen LogP contribution in [0.4, 0.5) is 5.69 Å². The molecule has 0 radical (unpaired) electrons. The van der Waals surface area contributed by atoms with Crippen LogP contribution in [-0.4, -0.2) is 31.2 Å². The number of carbonyl (C=O) groups excluding carboxylic acids is 1. The lowest BCUT2D eigenvalue weighted by Crippen LogP contribution is -2.38. The summed E-state index contributed by atoms with van der Waals surface area (Å²) in [5.74, 6) is -0.374. The average Bonchev–Trinajstić information content (AvgIpc) is 2.14. The molecule has 2 rings (SSSR count). The fraction of sp³-hybridized carbons (Fsp3) is 0.400. The normalized spacial score (nSPS) is 14.7. The number of carbonyl (C=O) groups is 1. The van der Waals surface area contributed by atoms with E-state index in [0.717, 1.165) is 25.2 Å². The molecular weight excluding hydrogens is 216 g/mol. The molecule has 5 heteroatoms. The molecule has 0 N–H and O–H groups in total. The van der Waals surface area contributed by atoms with Gasteiger partial charge < -0.3 is 9.64 Å².